The summed E-state index contributed by atoms with van der Waals surface area (Å²) in [5.74, 6) is 0.272. The maximum atomic E-state index is 10.4. The topological polar surface area (TPSA) is 17.1 Å². The molecule has 0 aliphatic carbocycles. The summed E-state index contributed by atoms with van der Waals surface area (Å²) >= 11 is 0. The van der Waals surface area contributed by atoms with Crippen molar-refractivity contribution in [2.75, 3.05) is 0 Å². The molecule has 0 unspecified atom stereocenters. The van der Waals surface area contributed by atoms with Gasteiger partial charge in [0.15, 0.2) is 0 Å². The Morgan fingerprint density at radius 2 is 1.18 bits per heavy atom. The maximum absolute atomic E-state index is 10.4. The van der Waals surface area contributed by atoms with Crippen molar-refractivity contribution in [2.24, 2.45) is 5.92 Å². The van der Waals surface area contributed by atoms with Crippen LogP contribution in [0.4, 0.5) is 0 Å². The van der Waals surface area contributed by atoms with Crippen LogP contribution in [0.3, 0.4) is 0 Å². The fourth-order valence-electron chi connectivity index (χ4n) is 2.20. The number of hydrogen-bond donors (Lipinski definition) is 0. The number of carbonyl (C=O) groups excluding carboxylic acids is 1. The second-order valence-electron chi connectivity index (χ2n) is 5.44. The molecular formula is C16H32O. The van der Waals surface area contributed by atoms with Crippen molar-refractivity contribution in [3.8, 4) is 0 Å². The van der Waals surface area contributed by atoms with E-state index in [1.807, 2.05) is 6.92 Å². The van der Waals surface area contributed by atoms with E-state index >= 15 is 0 Å². The Morgan fingerprint density at radius 3 is 1.59 bits per heavy atom. The number of aldehydes is 1. The zero-order valence-corrected chi connectivity index (χ0v) is 12.0. The Morgan fingerprint density at radius 1 is 0.765 bits per heavy atom. The van der Waals surface area contributed by atoms with Crippen LogP contribution in [0.15, 0.2) is 0 Å². The molecule has 0 amide bonds. The summed E-state index contributed by atoms with van der Waals surface area (Å²) in [5.41, 5.74) is 0. The first-order chi connectivity index (χ1) is 8.31. The Balaban J connectivity index is 2.96. The minimum absolute atomic E-state index is 0.272. The van der Waals surface area contributed by atoms with Crippen LogP contribution in [0.25, 0.3) is 0 Å². The largest absolute Gasteiger partial charge is 0.303 e. The van der Waals surface area contributed by atoms with Gasteiger partial charge in [-0.05, 0) is 6.42 Å². The average molecular weight is 240 g/mol. The SMILES string of the molecule is CCCCCCCCCCCCC[C@@H](C)C=O. The summed E-state index contributed by atoms with van der Waals surface area (Å²) in [4.78, 5) is 10.4. The van der Waals surface area contributed by atoms with Crippen molar-refractivity contribution in [3.63, 3.8) is 0 Å². The van der Waals surface area contributed by atoms with Crippen LogP contribution in [0, 0.1) is 5.92 Å². The lowest BCUT2D eigenvalue weighted by molar-refractivity contribution is -0.110. The van der Waals surface area contributed by atoms with Crippen LogP contribution in [-0.4, -0.2) is 6.29 Å². The lowest BCUT2D eigenvalue weighted by atomic mass is 10.0. The second kappa shape index (κ2) is 13.7. The standard InChI is InChI=1S/C16H32O/c1-3-4-5-6-7-8-9-10-11-12-13-14-16(2)15-17/h15-16H,3-14H2,1-2H3/t16-/m1/s1. The van der Waals surface area contributed by atoms with E-state index in [0.717, 1.165) is 12.7 Å². The minimum Gasteiger partial charge on any atom is -0.303 e. The summed E-state index contributed by atoms with van der Waals surface area (Å²) < 4.78 is 0. The molecule has 17 heavy (non-hydrogen) atoms. The molecule has 0 aromatic heterocycles. The van der Waals surface area contributed by atoms with Crippen molar-refractivity contribution in [1.82, 2.24) is 0 Å². The van der Waals surface area contributed by atoms with Crippen LogP contribution in [-0.2, 0) is 4.79 Å². The third kappa shape index (κ3) is 13.6. The lowest BCUT2D eigenvalue weighted by Gasteiger charge is -2.04. The summed E-state index contributed by atoms with van der Waals surface area (Å²) in [6.45, 7) is 4.29. The molecule has 0 saturated heterocycles. The maximum Gasteiger partial charge on any atom is 0.122 e. The van der Waals surface area contributed by atoms with E-state index in [1.54, 1.807) is 0 Å². The van der Waals surface area contributed by atoms with Crippen LogP contribution >= 0.6 is 0 Å². The van der Waals surface area contributed by atoms with E-state index in [1.165, 1.54) is 70.6 Å². The van der Waals surface area contributed by atoms with Crippen molar-refractivity contribution < 1.29 is 4.79 Å². The van der Waals surface area contributed by atoms with Gasteiger partial charge in [0, 0.05) is 5.92 Å². The molecule has 0 bridgehead atoms. The summed E-state index contributed by atoms with van der Waals surface area (Å²) in [5, 5.41) is 0. The average Bonchev–Trinajstić information content (AvgIpc) is 2.35. The van der Waals surface area contributed by atoms with E-state index < -0.39 is 0 Å². The highest BCUT2D eigenvalue weighted by atomic mass is 16.1. The number of hydrogen-bond acceptors (Lipinski definition) is 1. The van der Waals surface area contributed by atoms with E-state index in [2.05, 4.69) is 6.92 Å². The van der Waals surface area contributed by atoms with Crippen LogP contribution in [0.2, 0.25) is 0 Å². The molecule has 1 nitrogen and oxygen atoms in total. The highest BCUT2D eigenvalue weighted by molar-refractivity contribution is 5.52. The molecular weight excluding hydrogens is 208 g/mol. The molecule has 0 spiro atoms. The molecule has 0 heterocycles. The zero-order valence-electron chi connectivity index (χ0n) is 12.0. The lowest BCUT2D eigenvalue weighted by Crippen LogP contribution is -1.94. The van der Waals surface area contributed by atoms with Crippen molar-refractivity contribution in [2.45, 2.75) is 90.9 Å². The Labute approximate surface area is 108 Å². The fraction of sp³-hybridized carbons (Fsp3) is 0.938. The van der Waals surface area contributed by atoms with Gasteiger partial charge in [0.2, 0.25) is 0 Å². The Kier molecular flexibility index (Phi) is 13.5. The van der Waals surface area contributed by atoms with Gasteiger partial charge in [-0.1, -0.05) is 84.5 Å². The monoisotopic (exact) mass is 240 g/mol. The van der Waals surface area contributed by atoms with E-state index in [0.29, 0.717) is 0 Å². The predicted octanol–water partition coefficient (Wildman–Crippen LogP) is 5.52. The Hall–Kier alpha value is -0.330. The number of rotatable bonds is 13. The van der Waals surface area contributed by atoms with Gasteiger partial charge in [-0.15, -0.1) is 0 Å². The first-order valence-corrected chi connectivity index (χ1v) is 7.76. The molecule has 0 saturated carbocycles. The highest BCUT2D eigenvalue weighted by Gasteiger charge is 1.98. The van der Waals surface area contributed by atoms with Gasteiger partial charge in [-0.3, -0.25) is 0 Å². The first kappa shape index (κ1) is 16.7. The molecule has 0 radical (unpaired) electrons. The van der Waals surface area contributed by atoms with E-state index in [9.17, 15) is 4.79 Å². The molecule has 0 aromatic carbocycles. The summed E-state index contributed by atoms with van der Waals surface area (Å²) in [7, 11) is 0. The quantitative estimate of drug-likeness (QED) is 0.306. The Bertz CT molecular complexity index is 154. The van der Waals surface area contributed by atoms with Gasteiger partial charge in [-0.25, -0.2) is 0 Å². The number of unbranched alkanes of at least 4 members (excludes halogenated alkanes) is 10. The minimum atomic E-state index is 0.272. The number of carbonyl (C=O) groups is 1. The summed E-state index contributed by atoms with van der Waals surface area (Å²) in [6.07, 6.45) is 17.4. The van der Waals surface area contributed by atoms with Crippen LogP contribution in [0.1, 0.15) is 90.9 Å². The smallest absolute Gasteiger partial charge is 0.122 e. The molecule has 1 heteroatoms. The second-order valence-corrected chi connectivity index (χ2v) is 5.44. The highest BCUT2D eigenvalue weighted by Crippen LogP contribution is 2.13. The molecule has 0 aliphatic heterocycles. The zero-order chi connectivity index (χ0) is 12.8. The molecule has 0 aliphatic rings. The van der Waals surface area contributed by atoms with Gasteiger partial charge >= 0.3 is 0 Å². The molecule has 102 valence electrons. The van der Waals surface area contributed by atoms with Crippen LogP contribution < -0.4 is 0 Å². The third-order valence-electron chi connectivity index (χ3n) is 3.50. The van der Waals surface area contributed by atoms with Gasteiger partial charge in [0.1, 0.15) is 6.29 Å². The van der Waals surface area contributed by atoms with Crippen LogP contribution in [0.5, 0.6) is 0 Å². The van der Waals surface area contributed by atoms with Gasteiger partial charge in [0.05, 0.1) is 0 Å². The van der Waals surface area contributed by atoms with E-state index in [4.69, 9.17) is 0 Å². The summed E-state index contributed by atoms with van der Waals surface area (Å²) in [6, 6.07) is 0. The van der Waals surface area contributed by atoms with Gasteiger partial charge in [-0.2, -0.15) is 0 Å². The molecule has 0 fully saturated rings. The van der Waals surface area contributed by atoms with Crippen molar-refractivity contribution >= 4 is 6.29 Å². The van der Waals surface area contributed by atoms with Crippen molar-refractivity contribution in [1.29, 1.82) is 0 Å². The predicted molar refractivity (Wildman–Crippen MR) is 76.3 cm³/mol. The van der Waals surface area contributed by atoms with Crippen molar-refractivity contribution in [3.05, 3.63) is 0 Å². The fourth-order valence-corrected chi connectivity index (χ4v) is 2.20. The van der Waals surface area contributed by atoms with Gasteiger partial charge < -0.3 is 4.79 Å². The molecule has 0 N–H and O–H groups in total. The normalized spacial score (nSPS) is 12.6. The first-order valence-electron chi connectivity index (χ1n) is 7.76. The van der Waals surface area contributed by atoms with E-state index in [-0.39, 0.29) is 5.92 Å². The molecule has 1 atom stereocenters. The van der Waals surface area contributed by atoms with Gasteiger partial charge in [0.25, 0.3) is 0 Å². The third-order valence-corrected chi connectivity index (χ3v) is 3.50. The molecule has 0 aromatic rings. The molecule has 0 rings (SSSR count).